The molecule has 3 atom stereocenters. The summed E-state index contributed by atoms with van der Waals surface area (Å²) in [7, 11) is 0. The monoisotopic (exact) mass is 249 g/mol. The lowest BCUT2D eigenvalue weighted by Gasteiger charge is -2.24. The molecule has 1 fully saturated rings. The number of imidazole rings is 1. The van der Waals surface area contributed by atoms with Crippen molar-refractivity contribution >= 4 is 5.91 Å². The van der Waals surface area contributed by atoms with Crippen LogP contribution in [-0.2, 0) is 22.5 Å². The molecule has 1 aliphatic heterocycles. The number of aryl methyl sites for hydroxylation is 1. The summed E-state index contributed by atoms with van der Waals surface area (Å²) in [6.45, 7) is 3.50. The van der Waals surface area contributed by atoms with Gasteiger partial charge in [-0.2, -0.15) is 0 Å². The number of aromatic nitrogens is 2. The SMILES string of the molecule is CCO[C@@H]1C[C@@H]1C(=O)N[C@@H]1CCc2nccn2C1. The van der Waals surface area contributed by atoms with Crippen molar-refractivity contribution in [1.29, 1.82) is 0 Å². The van der Waals surface area contributed by atoms with E-state index in [2.05, 4.69) is 14.9 Å². The lowest BCUT2D eigenvalue weighted by Crippen LogP contribution is -2.42. The molecule has 0 saturated heterocycles. The van der Waals surface area contributed by atoms with Crippen LogP contribution < -0.4 is 5.32 Å². The Kier molecular flexibility index (Phi) is 3.07. The third-order valence-corrected chi connectivity index (χ3v) is 3.73. The van der Waals surface area contributed by atoms with Gasteiger partial charge in [0.2, 0.25) is 5.91 Å². The molecule has 1 aromatic heterocycles. The highest BCUT2D eigenvalue weighted by Gasteiger charge is 2.44. The van der Waals surface area contributed by atoms with Crippen LogP contribution in [-0.4, -0.2) is 34.2 Å². The zero-order valence-corrected chi connectivity index (χ0v) is 10.6. The zero-order chi connectivity index (χ0) is 12.5. The molecule has 1 aromatic rings. The highest BCUT2D eigenvalue weighted by Crippen LogP contribution is 2.34. The van der Waals surface area contributed by atoms with Crippen LogP contribution >= 0.6 is 0 Å². The number of ether oxygens (including phenoxy) is 1. The summed E-state index contributed by atoms with van der Waals surface area (Å²) in [5.41, 5.74) is 0. The maximum atomic E-state index is 12.0. The molecule has 5 nitrogen and oxygen atoms in total. The van der Waals surface area contributed by atoms with Crippen LogP contribution in [0.5, 0.6) is 0 Å². The summed E-state index contributed by atoms with van der Waals surface area (Å²) in [6.07, 6.45) is 6.76. The van der Waals surface area contributed by atoms with Gasteiger partial charge in [-0.25, -0.2) is 4.98 Å². The largest absolute Gasteiger partial charge is 0.378 e. The quantitative estimate of drug-likeness (QED) is 0.856. The van der Waals surface area contributed by atoms with Crippen molar-refractivity contribution in [1.82, 2.24) is 14.9 Å². The fraction of sp³-hybridized carbons (Fsp3) is 0.692. The van der Waals surface area contributed by atoms with Crippen LogP contribution in [0.25, 0.3) is 0 Å². The molecule has 98 valence electrons. The van der Waals surface area contributed by atoms with E-state index in [4.69, 9.17) is 4.74 Å². The van der Waals surface area contributed by atoms with Crippen molar-refractivity contribution in [3.05, 3.63) is 18.2 Å². The number of amides is 1. The standard InChI is InChI=1S/C13H19N3O2/c1-2-18-11-7-10(11)13(17)15-9-3-4-12-14-5-6-16(12)8-9/h5-6,9-11H,2-4,7-8H2,1H3,(H,15,17)/t9-,10+,11-/m1/s1. The molecular formula is C13H19N3O2. The summed E-state index contributed by atoms with van der Waals surface area (Å²) in [4.78, 5) is 16.3. The first-order valence-corrected chi connectivity index (χ1v) is 6.70. The van der Waals surface area contributed by atoms with Gasteiger partial charge in [-0.15, -0.1) is 0 Å². The van der Waals surface area contributed by atoms with E-state index < -0.39 is 0 Å². The second-order valence-electron chi connectivity index (χ2n) is 5.08. The number of rotatable bonds is 4. The molecule has 3 rings (SSSR count). The van der Waals surface area contributed by atoms with Gasteiger partial charge in [0.1, 0.15) is 5.82 Å². The lowest BCUT2D eigenvalue weighted by molar-refractivity contribution is -0.124. The molecule has 0 spiro atoms. The predicted molar refractivity (Wildman–Crippen MR) is 66.0 cm³/mol. The van der Waals surface area contributed by atoms with Crippen molar-refractivity contribution in [2.24, 2.45) is 5.92 Å². The molecule has 1 amide bonds. The maximum Gasteiger partial charge on any atom is 0.226 e. The minimum absolute atomic E-state index is 0.0779. The van der Waals surface area contributed by atoms with Crippen LogP contribution in [0.15, 0.2) is 12.4 Å². The van der Waals surface area contributed by atoms with E-state index in [1.54, 1.807) is 0 Å². The molecule has 2 heterocycles. The summed E-state index contributed by atoms with van der Waals surface area (Å²) in [5, 5.41) is 3.13. The molecule has 5 heteroatoms. The smallest absolute Gasteiger partial charge is 0.226 e. The molecule has 1 saturated carbocycles. The number of carbonyl (C=O) groups excluding carboxylic acids is 1. The van der Waals surface area contributed by atoms with E-state index >= 15 is 0 Å². The number of hydrogen-bond acceptors (Lipinski definition) is 3. The van der Waals surface area contributed by atoms with E-state index in [0.717, 1.165) is 31.6 Å². The van der Waals surface area contributed by atoms with Gasteiger partial charge in [0, 0.05) is 38.0 Å². The van der Waals surface area contributed by atoms with E-state index in [9.17, 15) is 4.79 Å². The third-order valence-electron chi connectivity index (χ3n) is 3.73. The first kappa shape index (κ1) is 11.7. The van der Waals surface area contributed by atoms with Gasteiger partial charge < -0.3 is 14.6 Å². The van der Waals surface area contributed by atoms with Gasteiger partial charge in [0.25, 0.3) is 0 Å². The predicted octanol–water partition coefficient (Wildman–Crippen LogP) is 0.739. The normalized spacial score (nSPS) is 29.7. The van der Waals surface area contributed by atoms with Crippen molar-refractivity contribution < 1.29 is 9.53 Å². The summed E-state index contributed by atoms with van der Waals surface area (Å²) in [6, 6.07) is 0.238. The van der Waals surface area contributed by atoms with Gasteiger partial charge in [-0.3, -0.25) is 4.79 Å². The Morgan fingerprint density at radius 2 is 2.56 bits per heavy atom. The Labute approximate surface area is 107 Å². The van der Waals surface area contributed by atoms with Gasteiger partial charge in [0.15, 0.2) is 0 Å². The fourth-order valence-corrected chi connectivity index (χ4v) is 2.64. The van der Waals surface area contributed by atoms with Gasteiger partial charge in [-0.05, 0) is 19.8 Å². The molecule has 1 aliphatic carbocycles. The van der Waals surface area contributed by atoms with Gasteiger partial charge in [-0.1, -0.05) is 0 Å². The van der Waals surface area contributed by atoms with Crippen LogP contribution in [0.1, 0.15) is 25.6 Å². The maximum absolute atomic E-state index is 12.0. The summed E-state index contributed by atoms with van der Waals surface area (Å²) >= 11 is 0. The zero-order valence-electron chi connectivity index (χ0n) is 10.6. The molecule has 18 heavy (non-hydrogen) atoms. The van der Waals surface area contributed by atoms with Crippen molar-refractivity contribution in [2.75, 3.05) is 6.61 Å². The van der Waals surface area contributed by atoms with Crippen LogP contribution in [0.4, 0.5) is 0 Å². The number of fused-ring (bicyclic) bond motifs is 1. The van der Waals surface area contributed by atoms with E-state index in [1.807, 2.05) is 19.3 Å². The summed E-state index contributed by atoms with van der Waals surface area (Å²) in [5.74, 6) is 1.36. The lowest BCUT2D eigenvalue weighted by atomic mass is 10.1. The number of carbonyl (C=O) groups is 1. The molecule has 1 N–H and O–H groups in total. The number of nitrogens with one attached hydrogen (secondary N) is 1. The Morgan fingerprint density at radius 3 is 3.39 bits per heavy atom. The Balaban J connectivity index is 1.51. The number of hydrogen-bond donors (Lipinski definition) is 1. The average molecular weight is 249 g/mol. The number of nitrogens with zero attached hydrogens (tertiary/aromatic N) is 2. The molecule has 0 radical (unpaired) electrons. The fourth-order valence-electron chi connectivity index (χ4n) is 2.64. The average Bonchev–Trinajstić information content (AvgIpc) is 2.98. The third kappa shape index (κ3) is 2.27. The molecule has 0 aromatic carbocycles. The van der Waals surface area contributed by atoms with Crippen LogP contribution in [0.2, 0.25) is 0 Å². The Hall–Kier alpha value is -1.36. The molecule has 0 unspecified atom stereocenters. The highest BCUT2D eigenvalue weighted by atomic mass is 16.5. The molecular weight excluding hydrogens is 230 g/mol. The van der Waals surface area contributed by atoms with Crippen LogP contribution in [0, 0.1) is 5.92 Å². The van der Waals surface area contributed by atoms with Gasteiger partial charge in [0.05, 0.1) is 12.0 Å². The summed E-state index contributed by atoms with van der Waals surface area (Å²) < 4.78 is 7.57. The van der Waals surface area contributed by atoms with E-state index in [-0.39, 0.29) is 24.0 Å². The van der Waals surface area contributed by atoms with Crippen LogP contribution in [0.3, 0.4) is 0 Å². The first-order chi connectivity index (χ1) is 8.78. The van der Waals surface area contributed by atoms with Crippen molar-refractivity contribution in [3.8, 4) is 0 Å². The second-order valence-corrected chi connectivity index (χ2v) is 5.08. The Morgan fingerprint density at radius 1 is 1.67 bits per heavy atom. The Bertz CT molecular complexity index is 443. The van der Waals surface area contributed by atoms with E-state index in [1.165, 1.54) is 0 Å². The minimum atomic E-state index is 0.0779. The first-order valence-electron chi connectivity index (χ1n) is 6.70. The van der Waals surface area contributed by atoms with Gasteiger partial charge >= 0.3 is 0 Å². The molecule has 0 bridgehead atoms. The second kappa shape index (κ2) is 4.72. The minimum Gasteiger partial charge on any atom is -0.378 e. The van der Waals surface area contributed by atoms with Crippen molar-refractivity contribution in [3.63, 3.8) is 0 Å². The van der Waals surface area contributed by atoms with Crippen molar-refractivity contribution in [2.45, 2.75) is 44.9 Å². The topological polar surface area (TPSA) is 56.1 Å². The highest BCUT2D eigenvalue weighted by molar-refractivity contribution is 5.82. The molecule has 2 aliphatic rings. The van der Waals surface area contributed by atoms with E-state index in [0.29, 0.717) is 6.61 Å².